The van der Waals surface area contributed by atoms with Crippen molar-refractivity contribution in [3.63, 3.8) is 0 Å². The fourth-order valence-electron chi connectivity index (χ4n) is 4.54. The number of fused-ring (bicyclic) bond motifs is 2. The van der Waals surface area contributed by atoms with Crippen LogP contribution in [0.2, 0.25) is 5.02 Å². The van der Waals surface area contributed by atoms with Gasteiger partial charge in [-0.1, -0.05) is 25.4 Å². The number of likely N-dealkylation sites (tertiary alicyclic amines) is 1. The van der Waals surface area contributed by atoms with Crippen molar-refractivity contribution in [1.82, 2.24) is 15.2 Å². The fraction of sp³-hybridized carbons (Fsp3) is 0.524. The first kappa shape index (κ1) is 19.4. The summed E-state index contributed by atoms with van der Waals surface area (Å²) in [6.07, 6.45) is 1.65. The number of nitrogens with two attached hydrogens (primary N) is 1. The molecule has 0 spiro atoms. The van der Waals surface area contributed by atoms with E-state index in [0.29, 0.717) is 51.5 Å². The van der Waals surface area contributed by atoms with E-state index >= 15 is 0 Å². The van der Waals surface area contributed by atoms with Crippen molar-refractivity contribution < 1.29 is 9.90 Å². The first-order valence-electron chi connectivity index (χ1n) is 9.75. The van der Waals surface area contributed by atoms with Crippen molar-refractivity contribution >= 4 is 34.1 Å². The fourth-order valence-corrected chi connectivity index (χ4v) is 4.75. The summed E-state index contributed by atoms with van der Waals surface area (Å²) in [4.78, 5) is 19.5. The van der Waals surface area contributed by atoms with Crippen LogP contribution in [0.1, 0.15) is 24.2 Å². The maximum atomic E-state index is 12.8. The molecule has 2 heterocycles. The Morgan fingerprint density at radius 2 is 2.14 bits per heavy atom. The van der Waals surface area contributed by atoms with Crippen LogP contribution in [0.3, 0.4) is 0 Å². The molecule has 6 nitrogen and oxygen atoms in total. The Hall–Kier alpha value is -1.89. The largest absolute Gasteiger partial charge is 0.397 e. The number of nitrogens with one attached hydrogen (secondary N) is 1. The summed E-state index contributed by atoms with van der Waals surface area (Å²) in [7, 11) is 0. The molecule has 2 unspecified atom stereocenters. The van der Waals surface area contributed by atoms with Crippen LogP contribution in [0.4, 0.5) is 5.69 Å². The monoisotopic (exact) mass is 402 g/mol. The van der Waals surface area contributed by atoms with Gasteiger partial charge < -0.3 is 21.1 Å². The molecule has 7 heteroatoms. The average molecular weight is 403 g/mol. The van der Waals surface area contributed by atoms with Crippen LogP contribution in [-0.2, 0) is 0 Å². The van der Waals surface area contributed by atoms with Gasteiger partial charge in [-0.15, -0.1) is 0 Å². The number of nitrogens with zero attached hydrogens (tertiary/aromatic N) is 2. The van der Waals surface area contributed by atoms with Gasteiger partial charge >= 0.3 is 0 Å². The summed E-state index contributed by atoms with van der Waals surface area (Å²) in [5.74, 6) is 1.65. The lowest BCUT2D eigenvalue weighted by Crippen LogP contribution is -2.37. The maximum Gasteiger partial charge on any atom is 0.253 e. The van der Waals surface area contributed by atoms with Crippen molar-refractivity contribution in [3.05, 3.63) is 35.0 Å². The lowest BCUT2D eigenvalue weighted by atomic mass is 9.94. The van der Waals surface area contributed by atoms with Crippen LogP contribution in [0, 0.1) is 23.2 Å². The highest BCUT2D eigenvalue weighted by molar-refractivity contribution is 6.35. The van der Waals surface area contributed by atoms with Gasteiger partial charge in [0.05, 0.1) is 21.8 Å². The molecule has 150 valence electrons. The Morgan fingerprint density at radius 1 is 1.43 bits per heavy atom. The van der Waals surface area contributed by atoms with Gasteiger partial charge in [0.25, 0.3) is 5.91 Å². The number of pyridine rings is 1. The lowest BCUT2D eigenvalue weighted by molar-refractivity contribution is 0.0943. The van der Waals surface area contributed by atoms with Crippen LogP contribution in [0.15, 0.2) is 24.4 Å². The van der Waals surface area contributed by atoms with Gasteiger partial charge in [0.15, 0.2) is 0 Å². The van der Waals surface area contributed by atoms with E-state index in [1.807, 2.05) is 6.07 Å². The van der Waals surface area contributed by atoms with Gasteiger partial charge in [-0.2, -0.15) is 0 Å². The number of aliphatic hydroxyl groups excluding tert-OH is 1. The number of carbonyl (C=O) groups excluding carboxylic acids is 1. The molecule has 0 bridgehead atoms. The molecular formula is C21H27ClN4O2. The maximum absolute atomic E-state index is 12.8. The standard InChI is InChI=1S/C21H27ClN4O2/c1-21(2,11-27)10-26-8-15-14(16(15)9-26)7-25-20(28)13-6-17(22)18(23)12-4-3-5-24-19(12)13/h3-6,14-16,27H,7-11,23H2,1-2H3,(H,25,28). The third-order valence-corrected chi connectivity index (χ3v) is 6.46. The summed E-state index contributed by atoms with van der Waals surface area (Å²) < 4.78 is 0. The van der Waals surface area contributed by atoms with Crippen LogP contribution in [0.5, 0.6) is 0 Å². The molecule has 28 heavy (non-hydrogen) atoms. The molecule has 1 aliphatic heterocycles. The molecule has 1 saturated heterocycles. The molecule has 1 saturated carbocycles. The van der Waals surface area contributed by atoms with E-state index in [2.05, 4.69) is 29.0 Å². The van der Waals surface area contributed by atoms with Gasteiger partial charge in [0.1, 0.15) is 0 Å². The lowest BCUT2D eigenvalue weighted by Gasteiger charge is -2.29. The highest BCUT2D eigenvalue weighted by atomic mass is 35.5. The van der Waals surface area contributed by atoms with E-state index in [1.54, 1.807) is 18.3 Å². The van der Waals surface area contributed by atoms with Crippen LogP contribution >= 0.6 is 11.6 Å². The Labute approximate surface area is 170 Å². The zero-order valence-electron chi connectivity index (χ0n) is 16.3. The molecule has 4 rings (SSSR count). The Morgan fingerprint density at radius 3 is 2.82 bits per heavy atom. The zero-order valence-corrected chi connectivity index (χ0v) is 17.0. The summed E-state index contributed by atoms with van der Waals surface area (Å²) >= 11 is 6.21. The average Bonchev–Trinajstić information content (AvgIpc) is 3.13. The number of rotatable bonds is 6. The molecule has 1 aliphatic carbocycles. The highest BCUT2D eigenvalue weighted by Crippen LogP contribution is 2.51. The molecule has 1 amide bonds. The molecule has 4 N–H and O–H groups in total. The summed E-state index contributed by atoms with van der Waals surface area (Å²) in [6, 6.07) is 5.22. The Balaban J connectivity index is 1.36. The van der Waals surface area contributed by atoms with Gasteiger partial charge in [-0.05, 0) is 36.0 Å². The Kier molecular flexibility index (Phi) is 4.98. The summed E-state index contributed by atoms with van der Waals surface area (Å²) in [6.45, 7) is 8.05. The van der Waals surface area contributed by atoms with Crippen LogP contribution in [0.25, 0.3) is 10.9 Å². The highest BCUT2D eigenvalue weighted by Gasteiger charge is 2.55. The quantitative estimate of drug-likeness (QED) is 0.645. The number of carbonyl (C=O) groups is 1. The molecule has 0 radical (unpaired) electrons. The molecular weight excluding hydrogens is 376 g/mol. The number of hydrogen-bond donors (Lipinski definition) is 3. The SMILES string of the molecule is CC(C)(CO)CN1CC2C(CNC(=O)c3cc(Cl)c(N)c4cccnc34)C2C1. The predicted octanol–water partition coefficient (Wildman–Crippen LogP) is 2.40. The minimum Gasteiger partial charge on any atom is -0.397 e. The Bertz CT molecular complexity index is 905. The number of hydrogen-bond acceptors (Lipinski definition) is 5. The summed E-state index contributed by atoms with van der Waals surface area (Å²) in [5.41, 5.74) is 7.45. The number of aromatic nitrogens is 1. The molecule has 2 aromatic rings. The molecule has 1 aromatic heterocycles. The van der Waals surface area contributed by atoms with Gasteiger partial charge in [0, 0.05) is 49.8 Å². The minimum atomic E-state index is -0.158. The second-order valence-corrected chi connectivity index (χ2v) is 9.34. The second kappa shape index (κ2) is 7.17. The van der Waals surface area contributed by atoms with Crippen molar-refractivity contribution in [2.24, 2.45) is 23.2 Å². The molecule has 2 atom stereocenters. The van der Waals surface area contributed by atoms with E-state index in [9.17, 15) is 9.90 Å². The third kappa shape index (κ3) is 3.56. The molecule has 2 fully saturated rings. The zero-order chi connectivity index (χ0) is 20.1. The third-order valence-electron chi connectivity index (χ3n) is 6.15. The second-order valence-electron chi connectivity index (χ2n) is 8.94. The topological polar surface area (TPSA) is 91.5 Å². The summed E-state index contributed by atoms with van der Waals surface area (Å²) in [5, 5.41) is 13.6. The van der Waals surface area contributed by atoms with Gasteiger partial charge in [0.2, 0.25) is 0 Å². The number of anilines is 1. The predicted molar refractivity (Wildman–Crippen MR) is 111 cm³/mol. The molecule has 2 aliphatic rings. The normalized spacial score (nSPS) is 24.4. The first-order valence-corrected chi connectivity index (χ1v) is 10.1. The van der Waals surface area contributed by atoms with Crippen molar-refractivity contribution in [3.8, 4) is 0 Å². The number of nitrogen functional groups attached to an aromatic ring is 1. The van der Waals surface area contributed by atoms with E-state index in [-0.39, 0.29) is 17.9 Å². The van der Waals surface area contributed by atoms with Crippen molar-refractivity contribution in [2.75, 3.05) is 38.5 Å². The van der Waals surface area contributed by atoms with Crippen LogP contribution < -0.4 is 11.1 Å². The van der Waals surface area contributed by atoms with Gasteiger partial charge in [-0.25, -0.2) is 0 Å². The number of piperidine rings is 1. The van der Waals surface area contributed by atoms with Crippen LogP contribution in [-0.4, -0.2) is 53.7 Å². The first-order chi connectivity index (χ1) is 13.3. The van der Waals surface area contributed by atoms with E-state index in [0.717, 1.165) is 19.6 Å². The van der Waals surface area contributed by atoms with Crippen molar-refractivity contribution in [2.45, 2.75) is 13.8 Å². The number of halogens is 1. The molecule has 1 aromatic carbocycles. The minimum absolute atomic E-state index is 0.0665. The van der Waals surface area contributed by atoms with Gasteiger partial charge in [-0.3, -0.25) is 9.78 Å². The van der Waals surface area contributed by atoms with Crippen molar-refractivity contribution in [1.29, 1.82) is 0 Å². The smallest absolute Gasteiger partial charge is 0.253 e. The number of benzene rings is 1. The van der Waals surface area contributed by atoms with E-state index in [1.165, 1.54) is 0 Å². The van der Waals surface area contributed by atoms with E-state index < -0.39 is 0 Å². The van der Waals surface area contributed by atoms with E-state index in [4.69, 9.17) is 17.3 Å². The number of amides is 1. The number of aliphatic hydroxyl groups is 1.